The number of thioether (sulfide) groups is 1. The van der Waals surface area contributed by atoms with Crippen LogP contribution in [0.3, 0.4) is 0 Å². The first-order valence-electron chi connectivity index (χ1n) is 4.82. The fourth-order valence-corrected chi connectivity index (χ4v) is 2.01. The highest BCUT2D eigenvalue weighted by molar-refractivity contribution is 8.03. The molecule has 1 nitrogen and oxygen atoms in total. The van der Waals surface area contributed by atoms with Gasteiger partial charge in [-0.3, -0.25) is 0 Å². The zero-order valence-electron chi connectivity index (χ0n) is 9.11. The van der Waals surface area contributed by atoms with Crippen molar-refractivity contribution in [3.8, 4) is 0 Å². The van der Waals surface area contributed by atoms with E-state index in [2.05, 4.69) is 6.58 Å². The van der Waals surface area contributed by atoms with Crippen LogP contribution in [0.4, 0.5) is 4.39 Å². The average Bonchev–Trinajstić information content (AvgIpc) is 2.23. The zero-order valence-corrected chi connectivity index (χ0v) is 9.93. The Bertz CT molecular complexity index is 436. The van der Waals surface area contributed by atoms with Crippen LogP contribution in [0.1, 0.15) is 5.56 Å². The summed E-state index contributed by atoms with van der Waals surface area (Å²) in [4.78, 5) is 1.43. The van der Waals surface area contributed by atoms with E-state index < -0.39 is 0 Å². The molecule has 1 aromatic carbocycles. The number of allylic oxidation sites excluding steroid dienone is 3. The molecule has 0 aliphatic rings. The molecular weight excluding hydrogens is 221 g/mol. The fraction of sp³-hybridized carbons (Fsp3) is 0.0769. The average molecular weight is 235 g/mol. The van der Waals surface area contributed by atoms with Crippen LogP contribution in [0.5, 0.6) is 0 Å². The minimum atomic E-state index is -0.217. The molecule has 3 heteroatoms. The Labute approximate surface area is 99.5 Å². The normalized spacial score (nSPS) is 12.0. The number of benzene rings is 1. The first kappa shape index (κ1) is 12.6. The van der Waals surface area contributed by atoms with E-state index in [4.69, 9.17) is 5.73 Å². The molecule has 0 heterocycles. The van der Waals surface area contributed by atoms with Crippen LogP contribution in [-0.4, -0.2) is 0 Å². The molecule has 0 aromatic heterocycles. The Morgan fingerprint density at radius 2 is 2.25 bits per heavy atom. The van der Waals surface area contributed by atoms with Gasteiger partial charge in [-0.25, -0.2) is 4.39 Å². The van der Waals surface area contributed by atoms with Gasteiger partial charge in [0.1, 0.15) is 5.82 Å². The van der Waals surface area contributed by atoms with Crippen LogP contribution < -0.4 is 5.73 Å². The quantitative estimate of drug-likeness (QED) is 0.635. The predicted octanol–water partition coefficient (Wildman–Crippen LogP) is 3.77. The maximum atomic E-state index is 13.6. The molecular formula is C13H14FNS. The molecule has 1 aromatic rings. The number of nitrogens with two attached hydrogens (primary N) is 1. The molecule has 0 aliphatic carbocycles. The molecule has 0 spiro atoms. The lowest BCUT2D eigenvalue weighted by molar-refractivity contribution is 0.601. The lowest BCUT2D eigenvalue weighted by atomic mass is 10.2. The molecule has 0 amide bonds. The Balaban J connectivity index is 2.94. The third kappa shape index (κ3) is 3.59. The second kappa shape index (κ2) is 6.18. The van der Waals surface area contributed by atoms with Crippen LogP contribution in [0.25, 0.3) is 0 Å². The van der Waals surface area contributed by atoms with Crippen molar-refractivity contribution >= 4 is 11.8 Å². The summed E-state index contributed by atoms with van der Waals surface area (Å²) in [6.45, 7) is 5.46. The minimum absolute atomic E-state index is 0.217. The van der Waals surface area contributed by atoms with Crippen molar-refractivity contribution in [2.45, 2.75) is 11.8 Å². The van der Waals surface area contributed by atoms with Gasteiger partial charge in [-0.05, 0) is 43.0 Å². The first-order valence-corrected chi connectivity index (χ1v) is 5.64. The van der Waals surface area contributed by atoms with E-state index in [1.54, 1.807) is 24.3 Å². The number of hydrogen-bond donors (Lipinski definition) is 1. The third-order valence-corrected chi connectivity index (χ3v) is 2.92. The van der Waals surface area contributed by atoms with Gasteiger partial charge in [0.05, 0.1) is 0 Å². The van der Waals surface area contributed by atoms with Crippen LogP contribution in [0.15, 0.2) is 59.0 Å². The Hall–Kier alpha value is -1.48. The van der Waals surface area contributed by atoms with Gasteiger partial charge in [-0.2, -0.15) is 0 Å². The predicted molar refractivity (Wildman–Crippen MR) is 68.6 cm³/mol. The molecule has 84 valence electrons. The smallest absolute Gasteiger partial charge is 0.137 e. The molecule has 0 unspecified atom stereocenters. The van der Waals surface area contributed by atoms with E-state index in [9.17, 15) is 4.39 Å². The van der Waals surface area contributed by atoms with Gasteiger partial charge in [0.25, 0.3) is 0 Å². The molecule has 2 N–H and O–H groups in total. The second-order valence-electron chi connectivity index (χ2n) is 3.20. The second-order valence-corrected chi connectivity index (χ2v) is 4.32. The molecule has 0 aliphatic heterocycles. The Morgan fingerprint density at radius 3 is 2.81 bits per heavy atom. The Kier molecular flexibility index (Phi) is 4.86. The van der Waals surface area contributed by atoms with Crippen LogP contribution >= 0.6 is 11.8 Å². The van der Waals surface area contributed by atoms with E-state index in [0.717, 1.165) is 10.5 Å². The van der Waals surface area contributed by atoms with Gasteiger partial charge < -0.3 is 5.73 Å². The lowest BCUT2D eigenvalue weighted by Crippen LogP contribution is -1.84. The van der Waals surface area contributed by atoms with E-state index in [-0.39, 0.29) is 5.82 Å². The van der Waals surface area contributed by atoms with Gasteiger partial charge in [0, 0.05) is 9.80 Å². The lowest BCUT2D eigenvalue weighted by Gasteiger charge is -2.04. The molecule has 16 heavy (non-hydrogen) atoms. The molecule has 0 fully saturated rings. The van der Waals surface area contributed by atoms with Gasteiger partial charge in [-0.15, -0.1) is 0 Å². The van der Waals surface area contributed by atoms with Crippen LogP contribution in [0, 0.1) is 12.7 Å². The summed E-state index contributed by atoms with van der Waals surface area (Å²) in [6.07, 6.45) is 6.57. The standard InChI is InChI=1S/C13H14FNS/c1-3-4-11(7-8-15)16-13-6-5-10(2)9-12(13)14/h3-9H,1,15H2,2H3/b8-7-,11-4+. The third-order valence-electron chi connectivity index (χ3n) is 1.86. The number of rotatable bonds is 4. The maximum absolute atomic E-state index is 13.6. The van der Waals surface area contributed by atoms with Crippen molar-refractivity contribution in [1.82, 2.24) is 0 Å². The van der Waals surface area contributed by atoms with E-state index in [1.165, 1.54) is 24.0 Å². The fourth-order valence-electron chi connectivity index (χ4n) is 1.15. The highest BCUT2D eigenvalue weighted by atomic mass is 32.2. The number of hydrogen-bond acceptors (Lipinski definition) is 2. The van der Waals surface area contributed by atoms with E-state index >= 15 is 0 Å². The minimum Gasteiger partial charge on any atom is -0.405 e. The summed E-state index contributed by atoms with van der Waals surface area (Å²) in [5.74, 6) is -0.217. The summed E-state index contributed by atoms with van der Waals surface area (Å²) < 4.78 is 13.6. The molecule has 0 saturated heterocycles. The van der Waals surface area contributed by atoms with Gasteiger partial charge in [0.15, 0.2) is 0 Å². The van der Waals surface area contributed by atoms with Crippen molar-refractivity contribution in [3.05, 3.63) is 65.5 Å². The largest absolute Gasteiger partial charge is 0.405 e. The molecule has 0 saturated carbocycles. The first-order chi connectivity index (χ1) is 7.67. The van der Waals surface area contributed by atoms with E-state index in [1.807, 2.05) is 13.0 Å². The van der Waals surface area contributed by atoms with Crippen LogP contribution in [0.2, 0.25) is 0 Å². The summed E-state index contributed by atoms with van der Waals surface area (Å²) in [5.41, 5.74) is 6.22. The summed E-state index contributed by atoms with van der Waals surface area (Å²) in [5, 5.41) is 0. The van der Waals surface area contributed by atoms with Crippen molar-refractivity contribution in [2.75, 3.05) is 0 Å². The molecule has 0 atom stereocenters. The summed E-state index contributed by atoms with van der Waals surface area (Å²) in [6, 6.07) is 5.15. The van der Waals surface area contributed by atoms with E-state index in [0.29, 0.717) is 4.90 Å². The van der Waals surface area contributed by atoms with Gasteiger partial charge >= 0.3 is 0 Å². The number of halogens is 1. The number of aryl methyl sites for hydroxylation is 1. The molecule has 0 bridgehead atoms. The monoisotopic (exact) mass is 235 g/mol. The zero-order chi connectivity index (χ0) is 12.0. The Morgan fingerprint density at radius 1 is 1.50 bits per heavy atom. The van der Waals surface area contributed by atoms with Crippen LogP contribution in [-0.2, 0) is 0 Å². The molecule has 1 rings (SSSR count). The van der Waals surface area contributed by atoms with Crippen molar-refractivity contribution in [1.29, 1.82) is 0 Å². The molecule has 0 radical (unpaired) electrons. The van der Waals surface area contributed by atoms with Gasteiger partial charge in [-0.1, -0.05) is 30.5 Å². The van der Waals surface area contributed by atoms with Gasteiger partial charge in [0.2, 0.25) is 0 Å². The SMILES string of the molecule is C=C/C=C(\C=C/N)Sc1ccc(C)cc1F. The highest BCUT2D eigenvalue weighted by Gasteiger charge is 2.04. The highest BCUT2D eigenvalue weighted by Crippen LogP contribution is 2.30. The summed E-state index contributed by atoms with van der Waals surface area (Å²) >= 11 is 1.32. The topological polar surface area (TPSA) is 26.0 Å². The van der Waals surface area contributed by atoms with Crippen molar-refractivity contribution < 1.29 is 4.39 Å². The summed E-state index contributed by atoms with van der Waals surface area (Å²) in [7, 11) is 0. The van der Waals surface area contributed by atoms with Crippen molar-refractivity contribution in [3.63, 3.8) is 0 Å². The maximum Gasteiger partial charge on any atom is 0.137 e. The van der Waals surface area contributed by atoms with Crippen molar-refractivity contribution in [2.24, 2.45) is 5.73 Å².